The van der Waals surface area contributed by atoms with Gasteiger partial charge >= 0.3 is 0 Å². The number of hydrogen-bond acceptors (Lipinski definition) is 7. The number of aromatic nitrogens is 1. The molecule has 3 rings (SSSR count). The van der Waals surface area contributed by atoms with Gasteiger partial charge in [0.05, 0.1) is 18.4 Å². The summed E-state index contributed by atoms with van der Waals surface area (Å²) < 4.78 is 13.2. The van der Waals surface area contributed by atoms with Crippen molar-refractivity contribution in [1.82, 2.24) is 15.0 Å². The van der Waals surface area contributed by atoms with Gasteiger partial charge in [-0.15, -0.1) is 0 Å². The van der Waals surface area contributed by atoms with Crippen LogP contribution in [0.1, 0.15) is 70.2 Å². The Kier molecular flexibility index (Phi) is 14.4. The van der Waals surface area contributed by atoms with Crippen LogP contribution < -0.4 is 5.43 Å². The molecule has 3 aromatic rings. The fraction of sp³-hybridized carbons (Fsp3) is 0.447. The summed E-state index contributed by atoms with van der Waals surface area (Å²) in [5.74, 6) is 0.250. The summed E-state index contributed by atoms with van der Waals surface area (Å²) in [6.45, 7) is 14.4. The molecule has 0 bridgehead atoms. The van der Waals surface area contributed by atoms with Crippen LogP contribution in [0.4, 0.5) is 0 Å². The number of phenols is 1. The van der Waals surface area contributed by atoms with Gasteiger partial charge in [0.2, 0.25) is 6.41 Å². The summed E-state index contributed by atoms with van der Waals surface area (Å²) in [6, 6.07) is 12.3. The quantitative estimate of drug-likeness (QED) is 0.0555. The van der Waals surface area contributed by atoms with Crippen LogP contribution in [0.2, 0.25) is 0 Å². The standard InChI is InChI=1S/C38H52N4O5/c1-8-17-39-35(28(3)46-7)23-37-34(24-38(4,5)25-47-27-44)33-22-30(15-16-36(33)42(37)9-2)31-19-29(20-32(45)21-31)14-12-10-11-13-18-41(6)40-26-43/h8,15-17,19-23,26-28,45H,1,9-14,18,24-25H2,2-7H3,(H,40,43)/b35-23+,39-17?. The number of fused-ring (bicyclic) bond motifs is 1. The van der Waals surface area contributed by atoms with Crippen molar-refractivity contribution >= 4 is 36.1 Å². The molecule has 2 aromatic carbocycles. The zero-order valence-corrected chi connectivity index (χ0v) is 28.9. The molecule has 0 aliphatic carbocycles. The normalized spacial score (nSPS) is 13.0. The van der Waals surface area contributed by atoms with Gasteiger partial charge in [-0.1, -0.05) is 51.5 Å². The van der Waals surface area contributed by atoms with Crippen LogP contribution >= 0.6 is 0 Å². The Labute approximate surface area is 279 Å². The van der Waals surface area contributed by atoms with Crippen molar-refractivity contribution in [3.63, 3.8) is 0 Å². The second-order valence-electron chi connectivity index (χ2n) is 12.8. The SMILES string of the molecule is C=CC=N/C(=C/c1c(CC(C)(C)COC=O)c2cc(-c3cc(O)cc(CCCCCCN(C)NC=O)c3)ccc2n1CC)C(C)OC. The third-order valence-electron chi connectivity index (χ3n) is 8.40. The van der Waals surface area contributed by atoms with E-state index in [2.05, 4.69) is 72.7 Å². The molecule has 0 radical (unpaired) electrons. The van der Waals surface area contributed by atoms with Gasteiger partial charge in [0.15, 0.2) is 0 Å². The highest BCUT2D eigenvalue weighted by molar-refractivity contribution is 5.92. The van der Waals surface area contributed by atoms with Crippen molar-refractivity contribution in [2.24, 2.45) is 10.4 Å². The van der Waals surface area contributed by atoms with Crippen LogP contribution in [0.5, 0.6) is 5.75 Å². The number of phenolic OH excluding ortho intramolecular Hbond substituents is 1. The summed E-state index contributed by atoms with van der Waals surface area (Å²) in [6.07, 6.45) is 11.6. The number of unbranched alkanes of at least 4 members (excludes halogenated alkanes) is 3. The number of aliphatic imine (C=N–C) groups is 1. The van der Waals surface area contributed by atoms with Crippen molar-refractivity contribution in [1.29, 1.82) is 0 Å². The first-order valence-corrected chi connectivity index (χ1v) is 16.4. The first kappa shape index (κ1) is 37.2. The fourth-order valence-electron chi connectivity index (χ4n) is 5.93. The summed E-state index contributed by atoms with van der Waals surface area (Å²) in [7, 11) is 3.53. The number of hydrogen-bond donors (Lipinski definition) is 2. The van der Waals surface area contributed by atoms with E-state index in [9.17, 15) is 14.7 Å². The molecule has 0 fully saturated rings. The van der Waals surface area contributed by atoms with Crippen molar-refractivity contribution in [2.45, 2.75) is 78.9 Å². The maximum Gasteiger partial charge on any atom is 0.293 e. The number of hydrazine groups is 1. The van der Waals surface area contributed by atoms with E-state index in [1.165, 1.54) is 0 Å². The van der Waals surface area contributed by atoms with Crippen LogP contribution in [-0.2, 0) is 38.4 Å². The Hall–Kier alpha value is -4.21. The van der Waals surface area contributed by atoms with Crippen molar-refractivity contribution in [3.8, 4) is 16.9 Å². The summed E-state index contributed by atoms with van der Waals surface area (Å²) in [5, 5.41) is 13.6. The Balaban J connectivity index is 2.04. The molecule has 9 nitrogen and oxygen atoms in total. The number of amides is 1. The largest absolute Gasteiger partial charge is 0.508 e. The zero-order valence-electron chi connectivity index (χ0n) is 28.9. The lowest BCUT2D eigenvalue weighted by Gasteiger charge is -2.24. The molecule has 9 heteroatoms. The molecule has 0 saturated carbocycles. The van der Waals surface area contributed by atoms with E-state index in [0.717, 1.165) is 89.7 Å². The predicted molar refractivity (Wildman–Crippen MR) is 191 cm³/mol. The van der Waals surface area contributed by atoms with Gasteiger partial charge in [0.1, 0.15) is 5.75 Å². The minimum atomic E-state index is -0.331. The highest BCUT2D eigenvalue weighted by Crippen LogP contribution is 2.37. The van der Waals surface area contributed by atoms with Crippen LogP contribution in [0.25, 0.3) is 28.1 Å². The van der Waals surface area contributed by atoms with Gasteiger partial charge in [-0.3, -0.25) is 20.0 Å². The van der Waals surface area contributed by atoms with Crippen molar-refractivity contribution in [2.75, 3.05) is 27.3 Å². The Morgan fingerprint density at radius 2 is 1.89 bits per heavy atom. The molecule has 0 aliphatic rings. The third-order valence-corrected chi connectivity index (χ3v) is 8.40. The molecule has 1 aromatic heterocycles. The number of aryl methyl sites for hydroxylation is 2. The number of nitrogens with zero attached hydrogens (tertiary/aromatic N) is 3. The molecular formula is C38H52N4O5. The first-order chi connectivity index (χ1) is 22.6. The average molecular weight is 645 g/mol. The third kappa shape index (κ3) is 10.7. The Morgan fingerprint density at radius 3 is 2.57 bits per heavy atom. The predicted octanol–water partition coefficient (Wildman–Crippen LogP) is 7.10. The molecule has 0 spiro atoms. The second kappa shape index (κ2) is 18.2. The number of benzene rings is 2. The number of carbonyl (C=O) groups is 2. The smallest absolute Gasteiger partial charge is 0.293 e. The molecule has 1 atom stereocenters. The molecule has 2 N–H and O–H groups in total. The summed E-state index contributed by atoms with van der Waals surface area (Å²) in [4.78, 5) is 26.3. The van der Waals surface area contributed by atoms with Crippen LogP contribution in [0.15, 0.2) is 59.7 Å². The van der Waals surface area contributed by atoms with Gasteiger partial charge < -0.3 is 19.1 Å². The number of rotatable bonds is 21. The molecule has 1 amide bonds. The Morgan fingerprint density at radius 1 is 1.13 bits per heavy atom. The number of nitrogens with one attached hydrogen (secondary N) is 1. The lowest BCUT2D eigenvalue weighted by Crippen LogP contribution is -2.33. The van der Waals surface area contributed by atoms with E-state index < -0.39 is 0 Å². The molecular weight excluding hydrogens is 592 g/mol. The van der Waals surface area contributed by atoms with Gasteiger partial charge in [-0.05, 0) is 92.1 Å². The Bertz CT molecular complexity index is 1560. The first-order valence-electron chi connectivity index (χ1n) is 16.4. The number of allylic oxidation sites excluding steroid dienone is 1. The molecule has 0 saturated heterocycles. The lowest BCUT2D eigenvalue weighted by molar-refractivity contribution is -0.131. The topological polar surface area (TPSA) is 105 Å². The van der Waals surface area contributed by atoms with Crippen molar-refractivity contribution in [3.05, 3.63) is 71.6 Å². The summed E-state index contributed by atoms with van der Waals surface area (Å²) in [5.41, 5.74) is 9.42. The molecule has 47 heavy (non-hydrogen) atoms. The lowest BCUT2D eigenvalue weighted by atomic mass is 9.85. The minimum Gasteiger partial charge on any atom is -0.508 e. The zero-order chi connectivity index (χ0) is 34.4. The van der Waals surface area contributed by atoms with Crippen LogP contribution in [0, 0.1) is 5.41 Å². The molecule has 1 heterocycles. The highest BCUT2D eigenvalue weighted by atomic mass is 16.5. The number of methoxy groups -OCH3 is 1. The van der Waals surface area contributed by atoms with Gasteiger partial charge in [-0.2, -0.15) is 0 Å². The van der Waals surface area contributed by atoms with E-state index in [4.69, 9.17) is 9.47 Å². The molecule has 0 aliphatic heterocycles. The maximum atomic E-state index is 11.1. The summed E-state index contributed by atoms with van der Waals surface area (Å²) >= 11 is 0. The average Bonchev–Trinajstić information content (AvgIpc) is 3.33. The van der Waals surface area contributed by atoms with E-state index in [1.807, 2.05) is 26.1 Å². The minimum absolute atomic E-state index is 0.240. The van der Waals surface area contributed by atoms with Crippen LogP contribution in [-0.4, -0.2) is 67.2 Å². The second-order valence-corrected chi connectivity index (χ2v) is 12.8. The van der Waals surface area contributed by atoms with Gasteiger partial charge in [-0.25, -0.2) is 5.01 Å². The molecule has 254 valence electrons. The van der Waals surface area contributed by atoms with E-state index in [0.29, 0.717) is 19.3 Å². The number of aromatic hydroxyl groups is 1. The maximum absolute atomic E-state index is 11.1. The van der Waals surface area contributed by atoms with Gasteiger partial charge in [0.25, 0.3) is 6.47 Å². The molecule has 1 unspecified atom stereocenters. The van der Waals surface area contributed by atoms with Gasteiger partial charge in [0, 0.05) is 55.5 Å². The van der Waals surface area contributed by atoms with E-state index in [-0.39, 0.29) is 23.9 Å². The fourth-order valence-corrected chi connectivity index (χ4v) is 5.93. The monoisotopic (exact) mass is 644 g/mol. The van der Waals surface area contributed by atoms with Crippen molar-refractivity contribution < 1.29 is 24.2 Å². The number of carbonyl (C=O) groups excluding carboxylic acids is 2. The highest BCUT2D eigenvalue weighted by Gasteiger charge is 2.26. The van der Waals surface area contributed by atoms with Crippen LogP contribution in [0.3, 0.4) is 0 Å². The van der Waals surface area contributed by atoms with E-state index >= 15 is 0 Å². The number of ether oxygens (including phenoxy) is 2. The van der Waals surface area contributed by atoms with E-state index in [1.54, 1.807) is 24.4 Å².